The van der Waals surface area contributed by atoms with E-state index in [1.807, 2.05) is 25.1 Å². The van der Waals surface area contributed by atoms with Crippen LogP contribution in [0, 0.1) is 5.92 Å². The van der Waals surface area contributed by atoms with Crippen LogP contribution in [0.2, 0.25) is 0 Å². The first-order valence-electron chi connectivity index (χ1n) is 9.61. The van der Waals surface area contributed by atoms with Gasteiger partial charge in [0.05, 0.1) is 6.54 Å². The first kappa shape index (κ1) is 22.8. The second-order valence-electron chi connectivity index (χ2n) is 6.57. The van der Waals surface area contributed by atoms with Crippen molar-refractivity contribution in [2.24, 2.45) is 10.9 Å². The molecule has 1 amide bonds. The molecule has 1 aromatic carbocycles. The van der Waals surface area contributed by atoms with Crippen LogP contribution in [0.4, 0.5) is 5.69 Å². The van der Waals surface area contributed by atoms with Crippen molar-refractivity contribution in [3.05, 3.63) is 24.3 Å². The summed E-state index contributed by atoms with van der Waals surface area (Å²) in [7, 11) is 0. The van der Waals surface area contributed by atoms with Gasteiger partial charge < -0.3 is 25.4 Å². The van der Waals surface area contributed by atoms with E-state index in [2.05, 4.69) is 34.8 Å². The number of anilines is 1. The molecule has 0 aliphatic heterocycles. The second-order valence-corrected chi connectivity index (χ2v) is 6.57. The van der Waals surface area contributed by atoms with Gasteiger partial charge in [0.15, 0.2) is 5.96 Å². The largest absolute Gasteiger partial charge is 0.492 e. The van der Waals surface area contributed by atoms with Crippen molar-refractivity contribution in [3.8, 4) is 5.75 Å². The van der Waals surface area contributed by atoms with Gasteiger partial charge in [-0.1, -0.05) is 19.9 Å². The maximum Gasteiger partial charge on any atom is 0.221 e. The van der Waals surface area contributed by atoms with Crippen LogP contribution in [0.25, 0.3) is 0 Å². The molecule has 0 fully saturated rings. The summed E-state index contributed by atoms with van der Waals surface area (Å²) in [4.78, 5) is 15.6. The molecule has 3 N–H and O–H groups in total. The monoisotopic (exact) mass is 378 g/mol. The van der Waals surface area contributed by atoms with Gasteiger partial charge >= 0.3 is 0 Å². The van der Waals surface area contributed by atoms with Gasteiger partial charge in [0.2, 0.25) is 5.91 Å². The van der Waals surface area contributed by atoms with Crippen molar-refractivity contribution >= 4 is 17.6 Å². The molecule has 7 heteroatoms. The zero-order valence-corrected chi connectivity index (χ0v) is 17.0. The van der Waals surface area contributed by atoms with E-state index in [4.69, 9.17) is 9.47 Å². The highest BCUT2D eigenvalue weighted by Gasteiger charge is 2.00. The fraction of sp³-hybridized carbons (Fsp3) is 0.600. The maximum atomic E-state index is 11.1. The molecule has 0 aromatic heterocycles. The first-order valence-corrected chi connectivity index (χ1v) is 9.61. The lowest BCUT2D eigenvalue weighted by atomic mass is 10.2. The highest BCUT2D eigenvalue weighted by Crippen LogP contribution is 2.16. The van der Waals surface area contributed by atoms with E-state index in [9.17, 15) is 4.79 Å². The zero-order valence-electron chi connectivity index (χ0n) is 17.0. The van der Waals surface area contributed by atoms with E-state index < -0.39 is 0 Å². The molecular weight excluding hydrogens is 344 g/mol. The number of nitrogens with zero attached hydrogens (tertiary/aromatic N) is 1. The van der Waals surface area contributed by atoms with E-state index in [-0.39, 0.29) is 5.91 Å². The molecular formula is C20H34N4O3. The number of rotatable bonds is 12. The van der Waals surface area contributed by atoms with Crippen LogP contribution >= 0.6 is 0 Å². The van der Waals surface area contributed by atoms with Gasteiger partial charge in [0.1, 0.15) is 12.4 Å². The number of benzene rings is 1. The smallest absolute Gasteiger partial charge is 0.221 e. The Bertz CT molecular complexity index is 576. The molecule has 0 aliphatic rings. The number of hydrogen-bond donors (Lipinski definition) is 3. The lowest BCUT2D eigenvalue weighted by Gasteiger charge is -2.13. The third-order valence-corrected chi connectivity index (χ3v) is 3.33. The third kappa shape index (κ3) is 11.9. The molecule has 1 aromatic rings. The summed E-state index contributed by atoms with van der Waals surface area (Å²) in [5.41, 5.74) is 0.725. The Morgan fingerprint density at radius 2 is 2.04 bits per heavy atom. The van der Waals surface area contributed by atoms with E-state index in [0.29, 0.717) is 31.4 Å². The number of ether oxygens (including phenoxy) is 2. The summed E-state index contributed by atoms with van der Waals surface area (Å²) in [5.74, 6) is 1.95. The first-order chi connectivity index (χ1) is 13.0. The van der Waals surface area contributed by atoms with Crippen molar-refractivity contribution in [1.82, 2.24) is 10.6 Å². The number of guanidine groups is 1. The molecule has 27 heavy (non-hydrogen) atoms. The number of amides is 1. The number of aliphatic imine (C=N–C) groups is 1. The summed E-state index contributed by atoms with van der Waals surface area (Å²) in [5, 5.41) is 9.21. The molecule has 0 saturated carbocycles. The average molecular weight is 379 g/mol. The minimum Gasteiger partial charge on any atom is -0.492 e. The summed E-state index contributed by atoms with van der Waals surface area (Å²) < 4.78 is 11.3. The fourth-order valence-corrected chi connectivity index (χ4v) is 2.22. The Labute approximate surface area is 162 Å². The zero-order chi connectivity index (χ0) is 19.9. The molecule has 0 radical (unpaired) electrons. The maximum absolute atomic E-state index is 11.1. The Morgan fingerprint density at radius 1 is 1.22 bits per heavy atom. The van der Waals surface area contributed by atoms with Crippen LogP contribution in [-0.2, 0) is 9.53 Å². The fourth-order valence-electron chi connectivity index (χ4n) is 2.22. The number of carbonyl (C=O) groups is 1. The number of nitrogens with one attached hydrogen (secondary N) is 3. The molecule has 7 nitrogen and oxygen atoms in total. The van der Waals surface area contributed by atoms with Crippen LogP contribution in [0.15, 0.2) is 29.3 Å². The van der Waals surface area contributed by atoms with Crippen molar-refractivity contribution in [1.29, 1.82) is 0 Å². The summed E-state index contributed by atoms with van der Waals surface area (Å²) in [6, 6.07) is 7.34. The lowest BCUT2D eigenvalue weighted by molar-refractivity contribution is -0.114. The second kappa shape index (κ2) is 13.9. The SMILES string of the molecule is CCNC(=NCCCOCC(C)C)NCCOc1cccc(NC(C)=O)c1. The standard InChI is InChI=1S/C20H34N4O3/c1-5-21-20(22-10-7-12-26-15-16(2)3)23-11-13-27-19-9-6-8-18(14-19)24-17(4)25/h6,8-9,14,16H,5,7,10-13,15H2,1-4H3,(H,24,25)(H2,21,22,23). The number of carbonyl (C=O) groups excluding carboxylic acids is 1. The molecule has 152 valence electrons. The van der Waals surface area contributed by atoms with Crippen LogP contribution in [0.3, 0.4) is 0 Å². The van der Waals surface area contributed by atoms with Crippen molar-refractivity contribution in [2.75, 3.05) is 44.8 Å². The van der Waals surface area contributed by atoms with Crippen molar-refractivity contribution in [3.63, 3.8) is 0 Å². The Hall–Kier alpha value is -2.28. The highest BCUT2D eigenvalue weighted by molar-refractivity contribution is 5.88. The predicted octanol–water partition coefficient (Wildman–Crippen LogP) is 2.64. The van der Waals surface area contributed by atoms with Gasteiger partial charge in [-0.05, 0) is 31.4 Å². The quantitative estimate of drug-likeness (QED) is 0.296. The van der Waals surface area contributed by atoms with E-state index in [0.717, 1.165) is 37.8 Å². The highest BCUT2D eigenvalue weighted by atomic mass is 16.5. The van der Waals surface area contributed by atoms with Crippen molar-refractivity contribution in [2.45, 2.75) is 34.1 Å². The Kier molecular flexibility index (Phi) is 11.7. The molecule has 0 atom stereocenters. The van der Waals surface area contributed by atoms with Gasteiger partial charge in [-0.3, -0.25) is 9.79 Å². The summed E-state index contributed by atoms with van der Waals surface area (Å²) in [6.45, 7) is 12.0. The molecule has 0 spiro atoms. The van der Waals surface area contributed by atoms with Gasteiger partial charge in [-0.15, -0.1) is 0 Å². The third-order valence-electron chi connectivity index (χ3n) is 3.33. The predicted molar refractivity (Wildman–Crippen MR) is 110 cm³/mol. The van der Waals surface area contributed by atoms with Crippen molar-refractivity contribution < 1.29 is 14.3 Å². The van der Waals surface area contributed by atoms with Crippen LogP contribution in [-0.4, -0.2) is 51.3 Å². The van der Waals surface area contributed by atoms with E-state index in [1.54, 1.807) is 6.07 Å². The Morgan fingerprint density at radius 3 is 2.74 bits per heavy atom. The van der Waals surface area contributed by atoms with Crippen LogP contribution in [0.5, 0.6) is 5.75 Å². The molecule has 0 bridgehead atoms. The lowest BCUT2D eigenvalue weighted by Crippen LogP contribution is -2.39. The van der Waals surface area contributed by atoms with E-state index >= 15 is 0 Å². The van der Waals surface area contributed by atoms with Gasteiger partial charge in [0.25, 0.3) is 0 Å². The molecule has 0 aliphatic carbocycles. The Balaban J connectivity index is 2.29. The van der Waals surface area contributed by atoms with Crippen LogP contribution in [0.1, 0.15) is 34.1 Å². The van der Waals surface area contributed by atoms with Crippen LogP contribution < -0.4 is 20.7 Å². The summed E-state index contributed by atoms with van der Waals surface area (Å²) >= 11 is 0. The average Bonchev–Trinajstić information content (AvgIpc) is 2.61. The normalized spacial score (nSPS) is 11.4. The molecule has 0 heterocycles. The van der Waals surface area contributed by atoms with Gasteiger partial charge in [0, 0.05) is 45.0 Å². The van der Waals surface area contributed by atoms with Gasteiger partial charge in [-0.2, -0.15) is 0 Å². The topological polar surface area (TPSA) is 84.0 Å². The molecule has 0 unspecified atom stereocenters. The minimum atomic E-state index is -0.102. The molecule has 0 saturated heterocycles. The van der Waals surface area contributed by atoms with E-state index in [1.165, 1.54) is 6.92 Å². The molecule has 1 rings (SSSR count). The van der Waals surface area contributed by atoms with Gasteiger partial charge in [-0.25, -0.2) is 0 Å². The summed E-state index contributed by atoms with van der Waals surface area (Å²) in [6.07, 6.45) is 0.899. The minimum absolute atomic E-state index is 0.102. The number of hydrogen-bond acceptors (Lipinski definition) is 4.